The highest BCUT2D eigenvalue weighted by atomic mass is 19.1. The smallest absolute Gasteiger partial charge is 0.435 e. The summed E-state index contributed by atoms with van der Waals surface area (Å²) in [5.41, 5.74) is -7.02. The lowest BCUT2D eigenvalue weighted by molar-refractivity contribution is -0.226. The van der Waals surface area contributed by atoms with Crippen LogP contribution in [0.25, 0.3) is 0 Å². The van der Waals surface area contributed by atoms with Gasteiger partial charge < -0.3 is 19.7 Å². The van der Waals surface area contributed by atoms with Crippen LogP contribution in [0.4, 0.5) is 13.6 Å². The number of halogens is 2. The normalized spacial score (nSPS) is 47.2. The first-order chi connectivity index (χ1) is 15.8. The molecule has 0 aliphatic heterocycles. The van der Waals surface area contributed by atoms with Crippen LogP contribution in [0.1, 0.15) is 47.0 Å². The average Bonchev–Trinajstić information content (AvgIpc) is 2.99. The molecule has 2 N–H and O–H groups in total. The van der Waals surface area contributed by atoms with E-state index in [-0.39, 0.29) is 31.4 Å². The van der Waals surface area contributed by atoms with Crippen LogP contribution < -0.4 is 0 Å². The van der Waals surface area contributed by atoms with Gasteiger partial charge in [-0.05, 0) is 56.8 Å². The van der Waals surface area contributed by atoms with Gasteiger partial charge in [0.1, 0.15) is 12.8 Å². The van der Waals surface area contributed by atoms with E-state index in [1.807, 2.05) is 0 Å². The van der Waals surface area contributed by atoms with E-state index in [1.54, 1.807) is 20.8 Å². The molecule has 7 nitrogen and oxygen atoms in total. The van der Waals surface area contributed by atoms with Crippen LogP contribution in [0.5, 0.6) is 0 Å². The molecule has 0 bridgehead atoms. The first-order valence-corrected chi connectivity index (χ1v) is 11.8. The third kappa shape index (κ3) is 2.89. The van der Waals surface area contributed by atoms with E-state index in [1.165, 1.54) is 19.1 Å². The second kappa shape index (κ2) is 7.95. The predicted molar refractivity (Wildman–Crippen MR) is 116 cm³/mol. The minimum Gasteiger partial charge on any atom is -0.435 e. The zero-order valence-corrected chi connectivity index (χ0v) is 19.8. The molecule has 0 aromatic heterocycles. The Hall–Kier alpha value is -2.13. The van der Waals surface area contributed by atoms with Crippen molar-refractivity contribution in [2.24, 2.45) is 28.6 Å². The molecule has 4 aliphatic carbocycles. The first-order valence-electron chi connectivity index (χ1n) is 11.8. The van der Waals surface area contributed by atoms with Crippen molar-refractivity contribution in [2.45, 2.75) is 70.5 Å². The molecule has 9 atom stereocenters. The molecule has 0 unspecified atom stereocenters. The number of ether oxygens (including phenoxy) is 2. The fourth-order valence-electron chi connectivity index (χ4n) is 7.79. The zero-order valence-electron chi connectivity index (χ0n) is 19.8. The predicted octanol–water partition coefficient (Wildman–Crippen LogP) is 3.02. The number of ketones is 2. The molecule has 4 rings (SSSR count). The summed E-state index contributed by atoms with van der Waals surface area (Å²) in [5.74, 6) is -3.52. The highest BCUT2D eigenvalue weighted by Crippen LogP contribution is 2.71. The number of carbonyl (C=O) groups is 3. The summed E-state index contributed by atoms with van der Waals surface area (Å²) in [6.07, 6.45) is -1.04. The van der Waals surface area contributed by atoms with Gasteiger partial charge in [-0.25, -0.2) is 13.6 Å². The lowest BCUT2D eigenvalue weighted by Gasteiger charge is -2.63. The maximum absolute atomic E-state index is 17.2. The number of aliphatic hydroxyl groups excluding tert-OH is 2. The summed E-state index contributed by atoms with van der Waals surface area (Å²) in [7, 11) is 0. The molecule has 3 saturated carbocycles. The van der Waals surface area contributed by atoms with Gasteiger partial charge in [-0.15, -0.1) is 0 Å². The molecule has 34 heavy (non-hydrogen) atoms. The Labute approximate surface area is 197 Å². The van der Waals surface area contributed by atoms with Crippen LogP contribution in [0, 0.1) is 28.6 Å². The molecule has 3 fully saturated rings. The van der Waals surface area contributed by atoms with Crippen molar-refractivity contribution in [3.05, 3.63) is 23.8 Å². The third-order valence-electron chi connectivity index (χ3n) is 9.23. The molecule has 9 heteroatoms. The fraction of sp³-hybridized carbons (Fsp3) is 0.720. The van der Waals surface area contributed by atoms with Crippen molar-refractivity contribution in [2.75, 3.05) is 13.2 Å². The summed E-state index contributed by atoms with van der Waals surface area (Å²) in [6, 6.07) is 0. The minimum absolute atomic E-state index is 0.00234. The molecule has 0 amide bonds. The second-order valence-electron chi connectivity index (χ2n) is 10.6. The van der Waals surface area contributed by atoms with Crippen molar-refractivity contribution in [1.29, 1.82) is 0 Å². The van der Waals surface area contributed by atoms with Crippen LogP contribution in [-0.2, 0) is 19.1 Å². The quantitative estimate of drug-likeness (QED) is 0.593. The van der Waals surface area contributed by atoms with E-state index in [0.717, 1.165) is 6.08 Å². The van der Waals surface area contributed by atoms with Crippen LogP contribution in [0.2, 0.25) is 0 Å². The lowest BCUT2D eigenvalue weighted by Crippen LogP contribution is -2.71. The van der Waals surface area contributed by atoms with Crippen LogP contribution in [0.15, 0.2) is 23.8 Å². The third-order valence-corrected chi connectivity index (χ3v) is 9.23. The van der Waals surface area contributed by atoms with Gasteiger partial charge in [0.2, 0.25) is 5.78 Å². The molecule has 188 valence electrons. The largest absolute Gasteiger partial charge is 0.509 e. The Kier molecular flexibility index (Phi) is 5.84. The summed E-state index contributed by atoms with van der Waals surface area (Å²) in [6.45, 7) is 5.45. The number of allylic oxidation sites excluding steroid dienone is 4. The minimum atomic E-state index is -2.31. The van der Waals surface area contributed by atoms with E-state index in [9.17, 15) is 24.6 Å². The molecule has 0 aromatic carbocycles. The summed E-state index contributed by atoms with van der Waals surface area (Å²) < 4.78 is 43.3. The SMILES string of the molecule is CCOC(=O)O[C@]1(C(=O)CO)[C@H](C)C[C@H]2[C@@H]3C[C@H](F)C4=CC(=O)C=C[C@]4(C)[C@@]3(F)[C@@H](O)C[C@@]21C. The van der Waals surface area contributed by atoms with Crippen molar-refractivity contribution < 1.29 is 42.9 Å². The molecular formula is C25H32F2O7. The van der Waals surface area contributed by atoms with Gasteiger partial charge in [0.05, 0.1) is 12.7 Å². The van der Waals surface area contributed by atoms with Gasteiger partial charge in [0, 0.05) is 22.7 Å². The van der Waals surface area contributed by atoms with Gasteiger partial charge in [-0.2, -0.15) is 0 Å². The van der Waals surface area contributed by atoms with Crippen LogP contribution >= 0.6 is 0 Å². The van der Waals surface area contributed by atoms with E-state index in [4.69, 9.17) is 9.47 Å². The molecule has 0 radical (unpaired) electrons. The average molecular weight is 483 g/mol. The number of fused-ring (bicyclic) bond motifs is 5. The summed E-state index contributed by atoms with van der Waals surface area (Å²) >= 11 is 0. The number of hydrogen-bond donors (Lipinski definition) is 2. The Morgan fingerprint density at radius 3 is 2.53 bits per heavy atom. The fourth-order valence-corrected chi connectivity index (χ4v) is 7.79. The lowest BCUT2D eigenvalue weighted by atomic mass is 9.44. The number of alkyl halides is 2. The first kappa shape index (κ1) is 25.0. The van der Waals surface area contributed by atoms with Gasteiger partial charge >= 0.3 is 6.16 Å². The van der Waals surface area contributed by atoms with E-state index in [2.05, 4.69) is 0 Å². The van der Waals surface area contributed by atoms with Crippen molar-refractivity contribution in [1.82, 2.24) is 0 Å². The van der Waals surface area contributed by atoms with Gasteiger partial charge in [-0.3, -0.25) is 9.59 Å². The highest BCUT2D eigenvalue weighted by Gasteiger charge is 2.78. The maximum atomic E-state index is 17.2. The number of aliphatic hydroxyl groups is 2. The Morgan fingerprint density at radius 2 is 1.91 bits per heavy atom. The Balaban J connectivity index is 1.86. The van der Waals surface area contributed by atoms with E-state index >= 15 is 8.78 Å². The molecular weight excluding hydrogens is 450 g/mol. The topological polar surface area (TPSA) is 110 Å². The molecule has 4 aliphatic rings. The Morgan fingerprint density at radius 1 is 1.24 bits per heavy atom. The van der Waals surface area contributed by atoms with E-state index < -0.39 is 76.5 Å². The molecule has 0 heterocycles. The molecule has 0 aromatic rings. The van der Waals surface area contributed by atoms with Crippen LogP contribution in [-0.4, -0.2) is 64.7 Å². The van der Waals surface area contributed by atoms with Crippen LogP contribution in [0.3, 0.4) is 0 Å². The second-order valence-corrected chi connectivity index (χ2v) is 10.6. The number of Topliss-reactive ketones (excluding diaryl/α,β-unsaturated/α-hetero) is 1. The summed E-state index contributed by atoms with van der Waals surface area (Å²) in [4.78, 5) is 37.5. The number of rotatable bonds is 4. The van der Waals surface area contributed by atoms with Crippen molar-refractivity contribution in [3.8, 4) is 0 Å². The maximum Gasteiger partial charge on any atom is 0.509 e. The zero-order chi connectivity index (χ0) is 25.3. The molecule has 0 saturated heterocycles. The number of carbonyl (C=O) groups excluding carboxylic acids is 3. The summed E-state index contributed by atoms with van der Waals surface area (Å²) in [5, 5.41) is 21.2. The standard InChI is InChI=1S/C25H32F2O7/c1-5-33-21(32)34-25(20(31)12-28)13(2)8-15-16-10-18(26)17-9-14(29)6-7-22(17,3)24(16,27)19(30)11-23(15,25)4/h6-7,9,13,15-16,18-19,28,30H,5,8,10-12H2,1-4H3/t13-,15+,16+,18+,19+,22+,23+,24+,25+/m1/s1. The Bertz CT molecular complexity index is 978. The van der Waals surface area contributed by atoms with Crippen molar-refractivity contribution in [3.63, 3.8) is 0 Å². The van der Waals surface area contributed by atoms with E-state index in [0.29, 0.717) is 0 Å². The monoisotopic (exact) mass is 482 g/mol. The highest BCUT2D eigenvalue weighted by molar-refractivity contribution is 6.01. The van der Waals surface area contributed by atoms with Gasteiger partial charge in [0.15, 0.2) is 17.1 Å². The number of hydrogen-bond acceptors (Lipinski definition) is 7. The van der Waals surface area contributed by atoms with Gasteiger partial charge in [0.25, 0.3) is 0 Å². The van der Waals surface area contributed by atoms with Gasteiger partial charge in [-0.1, -0.05) is 19.9 Å². The van der Waals surface area contributed by atoms with Crippen molar-refractivity contribution >= 4 is 17.7 Å². The molecule has 0 spiro atoms.